The van der Waals surface area contributed by atoms with Gasteiger partial charge in [-0.25, -0.2) is 19.3 Å². The molecular weight excluding hydrogens is 385 g/mol. The molecule has 1 aromatic carbocycles. The molecule has 4 heterocycles. The van der Waals surface area contributed by atoms with Crippen LogP contribution >= 0.6 is 0 Å². The number of rotatable bonds is 0. The normalized spacial score (nSPS) is 22.0. The zero-order valence-corrected chi connectivity index (χ0v) is 17.0. The molecule has 30 heavy (non-hydrogen) atoms. The maximum absolute atomic E-state index is 14.4. The van der Waals surface area contributed by atoms with Crippen molar-refractivity contribution in [2.45, 2.75) is 38.4 Å². The Morgan fingerprint density at radius 1 is 1.23 bits per heavy atom. The molecule has 3 aromatic rings. The van der Waals surface area contributed by atoms with Gasteiger partial charge in [-0.1, -0.05) is 0 Å². The van der Waals surface area contributed by atoms with Crippen LogP contribution in [0.1, 0.15) is 18.7 Å². The zero-order chi connectivity index (χ0) is 20.8. The lowest BCUT2D eigenvalue weighted by molar-refractivity contribution is -0.131. The van der Waals surface area contributed by atoms with Crippen LogP contribution in [0, 0.1) is 12.7 Å². The molecule has 2 atom stereocenters. The van der Waals surface area contributed by atoms with Crippen molar-refractivity contribution in [3.63, 3.8) is 0 Å². The number of halogens is 1. The average molecular weight is 409 g/mol. The van der Waals surface area contributed by atoms with E-state index in [0.717, 1.165) is 17.8 Å². The predicted molar refractivity (Wildman–Crippen MR) is 112 cm³/mol. The summed E-state index contributed by atoms with van der Waals surface area (Å²) >= 11 is 0. The number of hydrogen-bond donors (Lipinski definition) is 2. The minimum absolute atomic E-state index is 0.0491. The van der Waals surface area contributed by atoms with Crippen molar-refractivity contribution in [2.24, 2.45) is 0 Å². The summed E-state index contributed by atoms with van der Waals surface area (Å²) in [6, 6.07) is 4.59. The molecule has 9 heteroatoms. The number of imidazole rings is 1. The number of likely N-dealkylation sites (N-methyl/N-ethyl adjacent to an activating group) is 1. The molecule has 0 aliphatic carbocycles. The summed E-state index contributed by atoms with van der Waals surface area (Å²) < 4.78 is 16.5. The third-order valence-corrected chi connectivity index (χ3v) is 5.94. The molecule has 1 saturated heterocycles. The highest BCUT2D eigenvalue weighted by molar-refractivity contribution is 5.92. The summed E-state index contributed by atoms with van der Waals surface area (Å²) in [7, 11) is 1.84. The molecule has 4 bridgehead atoms. The maximum Gasteiger partial charge on any atom is 0.239 e. The summed E-state index contributed by atoms with van der Waals surface area (Å²) in [5.41, 5.74) is 2.79. The molecule has 1 unspecified atom stereocenters. The second-order valence-corrected chi connectivity index (χ2v) is 8.05. The summed E-state index contributed by atoms with van der Waals surface area (Å²) in [6.07, 6.45) is 3.12. The number of carbonyl (C=O) groups excluding carboxylic acids is 1. The molecule has 2 aromatic heterocycles. The molecular formula is C21H24FN7O. The lowest BCUT2D eigenvalue weighted by atomic mass is 10.1. The first-order valence-electron chi connectivity index (χ1n) is 10.2. The molecule has 2 N–H and O–H groups in total. The molecule has 0 radical (unpaired) electrons. The summed E-state index contributed by atoms with van der Waals surface area (Å²) in [6.45, 7) is 3.89. The highest BCUT2D eigenvalue weighted by Gasteiger charge is 2.31. The van der Waals surface area contributed by atoms with E-state index in [9.17, 15) is 9.18 Å². The van der Waals surface area contributed by atoms with Crippen molar-refractivity contribution in [3.8, 4) is 11.3 Å². The van der Waals surface area contributed by atoms with Crippen LogP contribution in [-0.2, 0) is 11.3 Å². The Bertz CT molecular complexity index is 1130. The predicted octanol–water partition coefficient (Wildman–Crippen LogP) is 1.95. The Hall–Kier alpha value is -3.07. The third-order valence-electron chi connectivity index (χ3n) is 5.94. The maximum atomic E-state index is 14.4. The Morgan fingerprint density at radius 3 is 2.97 bits per heavy atom. The zero-order valence-electron chi connectivity index (χ0n) is 17.0. The summed E-state index contributed by atoms with van der Waals surface area (Å²) in [5.74, 6) is 1.03. The van der Waals surface area contributed by atoms with Crippen molar-refractivity contribution in [2.75, 3.05) is 25.5 Å². The van der Waals surface area contributed by atoms with E-state index in [1.165, 1.54) is 12.1 Å². The second kappa shape index (κ2) is 7.32. The van der Waals surface area contributed by atoms with E-state index in [1.807, 2.05) is 14.0 Å². The van der Waals surface area contributed by atoms with Gasteiger partial charge in [-0.15, -0.1) is 0 Å². The Morgan fingerprint density at radius 2 is 2.10 bits per heavy atom. The fourth-order valence-electron chi connectivity index (χ4n) is 4.46. The number of benzene rings is 1. The molecule has 2 aliphatic heterocycles. The quantitative estimate of drug-likeness (QED) is 0.590. The summed E-state index contributed by atoms with van der Waals surface area (Å²) in [4.78, 5) is 28.1. The summed E-state index contributed by atoms with van der Waals surface area (Å²) in [5, 5.41) is 6.62. The monoisotopic (exact) mass is 409 g/mol. The van der Waals surface area contributed by atoms with Gasteiger partial charge in [-0.3, -0.25) is 4.79 Å². The van der Waals surface area contributed by atoms with Crippen LogP contribution in [0.2, 0.25) is 0 Å². The number of amides is 1. The van der Waals surface area contributed by atoms with Crippen LogP contribution in [0.15, 0.2) is 24.4 Å². The first-order valence-corrected chi connectivity index (χ1v) is 10.2. The number of fused-ring (bicyclic) bond motifs is 5. The fraction of sp³-hybridized carbons (Fsp3) is 0.429. The molecule has 0 saturated carbocycles. The van der Waals surface area contributed by atoms with Gasteiger partial charge >= 0.3 is 0 Å². The van der Waals surface area contributed by atoms with Gasteiger partial charge in [0.25, 0.3) is 0 Å². The van der Waals surface area contributed by atoms with Gasteiger partial charge in [-0.2, -0.15) is 0 Å². The van der Waals surface area contributed by atoms with E-state index >= 15 is 0 Å². The van der Waals surface area contributed by atoms with E-state index in [0.29, 0.717) is 48.8 Å². The SMILES string of the molecule is Cc1nc2cc(F)cc3c2n1CCCN(C)C(=O)[C@@H]1CC(CN1)Nc1nccc-3n1. The Balaban J connectivity index is 1.65. The van der Waals surface area contributed by atoms with Gasteiger partial charge in [0.05, 0.1) is 22.8 Å². The van der Waals surface area contributed by atoms with E-state index in [-0.39, 0.29) is 23.8 Å². The standard InChI is InChI=1S/C21H24FN7O/c1-12-25-17-9-13(22)8-15-16-4-5-23-21(27-16)26-14-10-18(24-11-14)20(30)28(2)6-3-7-29(12)19(15)17/h4-5,8-9,14,18,24H,3,6-7,10-11H2,1-2H3,(H,23,26,27)/t14?,18-/m0/s1. The number of nitrogens with one attached hydrogen (secondary N) is 2. The van der Waals surface area contributed by atoms with Crippen LogP contribution in [-0.4, -0.2) is 62.5 Å². The van der Waals surface area contributed by atoms with Gasteiger partial charge < -0.3 is 20.1 Å². The number of anilines is 1. The van der Waals surface area contributed by atoms with Crippen LogP contribution in [0.3, 0.4) is 0 Å². The second-order valence-electron chi connectivity index (χ2n) is 8.05. The lowest BCUT2D eigenvalue weighted by Gasteiger charge is -2.21. The highest BCUT2D eigenvalue weighted by atomic mass is 19.1. The third kappa shape index (κ3) is 3.28. The van der Waals surface area contributed by atoms with E-state index in [2.05, 4.69) is 30.2 Å². The largest absolute Gasteiger partial charge is 0.350 e. The minimum atomic E-state index is -0.346. The van der Waals surface area contributed by atoms with Crippen LogP contribution < -0.4 is 10.6 Å². The van der Waals surface area contributed by atoms with Crippen LogP contribution in [0.5, 0.6) is 0 Å². The van der Waals surface area contributed by atoms with Crippen molar-refractivity contribution >= 4 is 22.9 Å². The van der Waals surface area contributed by atoms with Crippen molar-refractivity contribution in [1.29, 1.82) is 0 Å². The smallest absolute Gasteiger partial charge is 0.239 e. The fourth-order valence-corrected chi connectivity index (χ4v) is 4.46. The van der Waals surface area contributed by atoms with E-state index in [1.54, 1.807) is 17.2 Å². The Labute approximate surface area is 173 Å². The number of aryl methyl sites for hydroxylation is 2. The van der Waals surface area contributed by atoms with Gasteiger partial charge in [0.15, 0.2) is 0 Å². The van der Waals surface area contributed by atoms with Crippen LogP contribution in [0.4, 0.5) is 10.3 Å². The van der Waals surface area contributed by atoms with Crippen molar-refractivity contribution < 1.29 is 9.18 Å². The van der Waals surface area contributed by atoms with Gasteiger partial charge in [0.2, 0.25) is 11.9 Å². The molecule has 1 amide bonds. The first-order chi connectivity index (χ1) is 14.5. The molecule has 2 aliphatic rings. The molecule has 8 nitrogen and oxygen atoms in total. The lowest BCUT2D eigenvalue weighted by Crippen LogP contribution is -2.42. The van der Waals surface area contributed by atoms with Gasteiger partial charge in [-0.05, 0) is 31.9 Å². The Kier molecular flexibility index (Phi) is 4.62. The number of hydrogen-bond acceptors (Lipinski definition) is 6. The van der Waals surface area contributed by atoms with Crippen LogP contribution in [0.25, 0.3) is 22.3 Å². The van der Waals surface area contributed by atoms with E-state index < -0.39 is 0 Å². The van der Waals surface area contributed by atoms with Crippen molar-refractivity contribution in [3.05, 3.63) is 36.0 Å². The molecule has 5 rings (SSSR count). The van der Waals surface area contributed by atoms with Gasteiger partial charge in [0, 0.05) is 50.6 Å². The topological polar surface area (TPSA) is 88.0 Å². The number of aromatic nitrogens is 4. The number of nitrogens with zero attached hydrogens (tertiary/aromatic N) is 5. The van der Waals surface area contributed by atoms with E-state index in [4.69, 9.17) is 0 Å². The minimum Gasteiger partial charge on any atom is -0.350 e. The molecule has 156 valence electrons. The van der Waals surface area contributed by atoms with Crippen molar-refractivity contribution in [1.82, 2.24) is 29.7 Å². The number of carbonyl (C=O) groups is 1. The molecule has 0 spiro atoms. The highest BCUT2D eigenvalue weighted by Crippen LogP contribution is 2.30. The molecule has 1 fully saturated rings. The first kappa shape index (κ1) is 18.9. The van der Waals surface area contributed by atoms with Gasteiger partial charge in [0.1, 0.15) is 11.6 Å². The average Bonchev–Trinajstić information content (AvgIpc) is 3.30.